The summed E-state index contributed by atoms with van der Waals surface area (Å²) < 4.78 is 13.1. The number of allylic oxidation sites excluding steroid dienone is 1. The second-order valence-electron chi connectivity index (χ2n) is 7.81. The Morgan fingerprint density at radius 3 is 2.71 bits per heavy atom. The summed E-state index contributed by atoms with van der Waals surface area (Å²) in [4.78, 5) is 32.1. The van der Waals surface area contributed by atoms with Crippen molar-refractivity contribution in [3.63, 3.8) is 0 Å². The fraction of sp³-hybridized carbons (Fsp3) is 0.240. The Morgan fingerprint density at radius 1 is 1.17 bits per heavy atom. The molecule has 0 spiro atoms. The van der Waals surface area contributed by atoms with Gasteiger partial charge in [-0.2, -0.15) is 0 Å². The van der Waals surface area contributed by atoms with Crippen LogP contribution < -0.4 is 10.1 Å². The Balaban J connectivity index is 1.62. The maximum Gasteiger partial charge on any atom is 0.338 e. The van der Waals surface area contributed by atoms with Crippen LogP contribution in [-0.2, 0) is 14.3 Å². The molecule has 2 aromatic carbocycles. The van der Waals surface area contributed by atoms with Crippen molar-refractivity contribution in [3.8, 4) is 5.75 Å². The molecule has 35 heavy (non-hydrogen) atoms. The van der Waals surface area contributed by atoms with Gasteiger partial charge in [-0.15, -0.1) is 0 Å². The quantitative estimate of drug-likeness (QED) is 0.366. The number of thioether (sulfide) groups is 1. The normalized spacial score (nSPS) is 16.7. The number of benzene rings is 2. The van der Waals surface area contributed by atoms with Gasteiger partial charge in [-0.1, -0.05) is 43.6 Å². The number of ether oxygens (including phenoxy) is 2. The van der Waals surface area contributed by atoms with Crippen molar-refractivity contribution in [1.29, 1.82) is 0 Å². The molecule has 2 aromatic rings. The molecule has 1 N–H and O–H groups in total. The van der Waals surface area contributed by atoms with Gasteiger partial charge >= 0.3 is 5.97 Å². The van der Waals surface area contributed by atoms with Crippen LogP contribution in [0.1, 0.15) is 31.0 Å². The van der Waals surface area contributed by atoms with Crippen LogP contribution in [-0.4, -0.2) is 35.2 Å². The number of nitrogens with zero attached hydrogens (tertiary/aromatic N) is 2. The van der Waals surface area contributed by atoms with Gasteiger partial charge in [0.2, 0.25) is 0 Å². The van der Waals surface area contributed by atoms with Crippen LogP contribution >= 0.6 is 43.6 Å². The van der Waals surface area contributed by atoms with Crippen LogP contribution in [0.3, 0.4) is 0 Å². The molecule has 2 heterocycles. The Morgan fingerprint density at radius 2 is 1.97 bits per heavy atom. The van der Waals surface area contributed by atoms with Crippen molar-refractivity contribution in [2.75, 3.05) is 18.5 Å². The first-order valence-corrected chi connectivity index (χ1v) is 13.3. The minimum atomic E-state index is -0.516. The third kappa shape index (κ3) is 5.65. The zero-order valence-electron chi connectivity index (χ0n) is 19.3. The predicted octanol–water partition coefficient (Wildman–Crippen LogP) is 6.31. The highest BCUT2D eigenvalue weighted by molar-refractivity contribution is 9.10. The molecule has 10 heteroatoms. The van der Waals surface area contributed by atoms with Gasteiger partial charge in [0, 0.05) is 26.4 Å². The van der Waals surface area contributed by atoms with Crippen LogP contribution in [0.5, 0.6) is 5.75 Å². The van der Waals surface area contributed by atoms with E-state index >= 15 is 0 Å². The van der Waals surface area contributed by atoms with Gasteiger partial charge in [-0.3, -0.25) is 4.79 Å². The summed E-state index contributed by atoms with van der Waals surface area (Å²) in [7, 11) is 0. The number of hydrogen-bond acceptors (Lipinski definition) is 7. The van der Waals surface area contributed by atoms with Crippen LogP contribution in [0.25, 0.3) is 0 Å². The molecule has 182 valence electrons. The highest BCUT2D eigenvalue weighted by Crippen LogP contribution is 2.44. The maximum absolute atomic E-state index is 13.0. The van der Waals surface area contributed by atoms with Crippen molar-refractivity contribution in [1.82, 2.24) is 4.90 Å². The number of nitrogens with one attached hydrogen (secondary N) is 1. The van der Waals surface area contributed by atoms with Gasteiger partial charge in [-0.05, 0) is 68.1 Å². The van der Waals surface area contributed by atoms with Gasteiger partial charge < -0.3 is 19.7 Å². The number of anilines is 1. The molecule has 0 saturated heterocycles. The zero-order valence-corrected chi connectivity index (χ0v) is 23.3. The van der Waals surface area contributed by atoms with E-state index in [4.69, 9.17) is 9.47 Å². The largest absolute Gasteiger partial charge is 0.483 e. The van der Waals surface area contributed by atoms with Gasteiger partial charge in [0.1, 0.15) is 5.75 Å². The lowest BCUT2D eigenvalue weighted by Crippen LogP contribution is -2.34. The van der Waals surface area contributed by atoms with E-state index in [1.807, 2.05) is 53.8 Å². The number of aryl methyl sites for hydroxylation is 1. The monoisotopic (exact) mass is 619 g/mol. The fourth-order valence-electron chi connectivity index (χ4n) is 3.80. The lowest BCUT2D eigenvalue weighted by Gasteiger charge is -2.34. The molecule has 7 nitrogen and oxygen atoms in total. The number of halogens is 2. The Kier molecular flexibility index (Phi) is 8.03. The third-order valence-corrected chi connectivity index (χ3v) is 7.54. The number of rotatable bonds is 7. The molecule has 0 saturated carbocycles. The standard InChI is InChI=1S/C25H23Br2N3O4S/c1-4-33-24(32)22-15(3)28-25-30(9-10-35-25)23(22)18-12-16(26)5-8-20(18)34-13-21(31)29-17-6-7-19(27)14(2)11-17/h5-12,23H,4,13H2,1-3H3,(H,29,31)/t23-/m1/s1. The van der Waals surface area contributed by atoms with Crippen molar-refractivity contribution >= 4 is 66.4 Å². The smallest absolute Gasteiger partial charge is 0.338 e. The van der Waals surface area contributed by atoms with E-state index in [1.165, 1.54) is 11.8 Å². The summed E-state index contributed by atoms with van der Waals surface area (Å²) in [6.45, 7) is 5.58. The van der Waals surface area contributed by atoms with Crippen molar-refractivity contribution in [3.05, 3.63) is 79.3 Å². The van der Waals surface area contributed by atoms with E-state index < -0.39 is 12.0 Å². The number of hydrogen-bond donors (Lipinski definition) is 1. The lowest BCUT2D eigenvalue weighted by molar-refractivity contribution is -0.139. The van der Waals surface area contributed by atoms with Gasteiger partial charge in [0.05, 0.1) is 23.9 Å². The van der Waals surface area contributed by atoms with Crippen LogP contribution in [0.2, 0.25) is 0 Å². The number of esters is 1. The summed E-state index contributed by atoms with van der Waals surface area (Å²) in [6, 6.07) is 10.6. The zero-order chi connectivity index (χ0) is 25.1. The first kappa shape index (κ1) is 25.5. The minimum absolute atomic E-state index is 0.195. The van der Waals surface area contributed by atoms with E-state index in [0.717, 1.165) is 19.7 Å². The molecule has 0 aliphatic carbocycles. The molecule has 0 aromatic heterocycles. The molecule has 0 unspecified atom stereocenters. The molecule has 1 amide bonds. The number of fused-ring (bicyclic) bond motifs is 1. The average Bonchev–Trinajstić information content (AvgIpc) is 3.28. The van der Waals surface area contributed by atoms with E-state index in [1.54, 1.807) is 19.9 Å². The fourth-order valence-corrected chi connectivity index (χ4v) is 5.22. The second-order valence-corrected chi connectivity index (χ2v) is 10.5. The summed E-state index contributed by atoms with van der Waals surface area (Å²) in [5.74, 6) is -0.237. The molecule has 0 radical (unpaired) electrons. The summed E-state index contributed by atoms with van der Waals surface area (Å²) in [6.07, 6.45) is 1.88. The SMILES string of the molecule is CCOC(=O)C1=C(C)N=C2SC=CN2[C@@H]1c1cc(Br)ccc1OCC(=O)Nc1ccc(Br)c(C)c1. The molecule has 2 aliphatic rings. The molecule has 4 rings (SSSR count). The van der Waals surface area contributed by atoms with E-state index in [2.05, 4.69) is 42.2 Å². The number of aliphatic imine (C=N–C) groups is 1. The summed E-state index contributed by atoms with van der Waals surface area (Å²) >= 11 is 8.47. The average molecular weight is 621 g/mol. The first-order chi connectivity index (χ1) is 16.8. The predicted molar refractivity (Wildman–Crippen MR) is 145 cm³/mol. The second kappa shape index (κ2) is 11.0. The molecule has 2 aliphatic heterocycles. The molecule has 1 atom stereocenters. The van der Waals surface area contributed by atoms with E-state index in [-0.39, 0.29) is 19.1 Å². The van der Waals surface area contributed by atoms with Crippen molar-refractivity contribution < 1.29 is 19.1 Å². The van der Waals surface area contributed by atoms with E-state index in [0.29, 0.717) is 28.3 Å². The van der Waals surface area contributed by atoms with Crippen LogP contribution in [0.15, 0.2) is 73.2 Å². The maximum atomic E-state index is 13.0. The van der Waals surface area contributed by atoms with Crippen LogP contribution in [0.4, 0.5) is 5.69 Å². The first-order valence-electron chi connectivity index (χ1n) is 10.8. The molecular weight excluding hydrogens is 598 g/mol. The van der Waals surface area contributed by atoms with E-state index in [9.17, 15) is 9.59 Å². The van der Waals surface area contributed by atoms with Crippen molar-refractivity contribution in [2.45, 2.75) is 26.8 Å². The lowest BCUT2D eigenvalue weighted by atomic mass is 9.94. The van der Waals surface area contributed by atoms with Gasteiger partial charge in [0.25, 0.3) is 5.91 Å². The minimum Gasteiger partial charge on any atom is -0.483 e. The molecule has 0 fully saturated rings. The molecule has 0 bridgehead atoms. The molecular formula is C25H23Br2N3O4S. The topological polar surface area (TPSA) is 80.2 Å². The highest BCUT2D eigenvalue weighted by atomic mass is 79.9. The van der Waals surface area contributed by atoms with Crippen molar-refractivity contribution in [2.24, 2.45) is 4.99 Å². The number of amides is 1. The Hall–Kier alpha value is -2.56. The number of amidine groups is 1. The highest BCUT2D eigenvalue weighted by Gasteiger charge is 2.39. The van der Waals surface area contributed by atoms with Gasteiger partial charge in [-0.25, -0.2) is 9.79 Å². The Labute approximate surface area is 224 Å². The third-order valence-electron chi connectivity index (χ3n) is 5.38. The Bertz CT molecular complexity index is 1280. The summed E-state index contributed by atoms with van der Waals surface area (Å²) in [5.41, 5.74) is 3.43. The number of carbonyl (C=O) groups is 2. The van der Waals surface area contributed by atoms with Crippen LogP contribution in [0, 0.1) is 6.92 Å². The number of carbonyl (C=O) groups excluding carboxylic acids is 2. The van der Waals surface area contributed by atoms with Gasteiger partial charge in [0.15, 0.2) is 11.8 Å². The summed E-state index contributed by atoms with van der Waals surface area (Å²) in [5, 5.41) is 5.53.